The number of para-hydroxylation sites is 1. The second-order valence-electron chi connectivity index (χ2n) is 6.81. The summed E-state index contributed by atoms with van der Waals surface area (Å²) in [5.74, 6) is 0.177. The molecule has 0 radical (unpaired) electrons. The number of aryl methyl sites for hydroxylation is 1. The van der Waals surface area contributed by atoms with Gasteiger partial charge in [0.1, 0.15) is 0 Å². The number of anilines is 1. The van der Waals surface area contributed by atoms with E-state index in [1.807, 2.05) is 59.5 Å². The van der Waals surface area contributed by atoms with Crippen LogP contribution in [0.2, 0.25) is 0 Å². The van der Waals surface area contributed by atoms with Crippen LogP contribution in [0.5, 0.6) is 0 Å². The number of carbonyl (C=O) groups excluding carboxylic acids is 1. The highest BCUT2D eigenvalue weighted by Crippen LogP contribution is 2.16. The lowest BCUT2D eigenvalue weighted by molar-refractivity contribution is -0.133. The van der Waals surface area contributed by atoms with Gasteiger partial charge in [-0.05, 0) is 23.6 Å². The van der Waals surface area contributed by atoms with Crippen molar-refractivity contribution in [3.05, 3.63) is 65.7 Å². The molecule has 2 aromatic carbocycles. The SMILES string of the molecule is Nc1ccccc1CCC(=O)N1CCN(CC(O)c2ccccc2)CC1. The molecule has 1 amide bonds. The maximum absolute atomic E-state index is 12.5. The number of aliphatic hydroxyl groups excluding tert-OH is 1. The summed E-state index contributed by atoms with van der Waals surface area (Å²) in [5, 5.41) is 10.4. The molecule has 0 aliphatic carbocycles. The Morgan fingerprint density at radius 1 is 1.00 bits per heavy atom. The third kappa shape index (κ3) is 4.84. The van der Waals surface area contributed by atoms with Gasteiger partial charge in [0.15, 0.2) is 0 Å². The summed E-state index contributed by atoms with van der Waals surface area (Å²) in [6.45, 7) is 3.62. The Morgan fingerprint density at radius 3 is 2.35 bits per heavy atom. The fraction of sp³-hybridized carbons (Fsp3) is 0.381. The van der Waals surface area contributed by atoms with Gasteiger partial charge in [-0.1, -0.05) is 48.5 Å². The Morgan fingerprint density at radius 2 is 1.65 bits per heavy atom. The number of rotatable bonds is 6. The van der Waals surface area contributed by atoms with E-state index in [0.29, 0.717) is 32.5 Å². The van der Waals surface area contributed by atoms with Gasteiger partial charge < -0.3 is 15.7 Å². The van der Waals surface area contributed by atoms with Gasteiger partial charge in [0.25, 0.3) is 0 Å². The van der Waals surface area contributed by atoms with E-state index in [0.717, 1.165) is 29.9 Å². The lowest BCUT2D eigenvalue weighted by Crippen LogP contribution is -2.49. The van der Waals surface area contributed by atoms with E-state index in [2.05, 4.69) is 4.90 Å². The molecule has 5 nitrogen and oxygen atoms in total. The molecule has 0 spiro atoms. The van der Waals surface area contributed by atoms with E-state index in [1.165, 1.54) is 0 Å². The number of piperazine rings is 1. The molecule has 0 saturated carbocycles. The third-order valence-electron chi connectivity index (χ3n) is 5.00. The van der Waals surface area contributed by atoms with Crippen molar-refractivity contribution in [1.82, 2.24) is 9.80 Å². The van der Waals surface area contributed by atoms with Crippen LogP contribution in [0.1, 0.15) is 23.7 Å². The Balaban J connectivity index is 1.43. The van der Waals surface area contributed by atoms with Crippen molar-refractivity contribution in [2.75, 3.05) is 38.5 Å². The van der Waals surface area contributed by atoms with Gasteiger partial charge in [0.05, 0.1) is 6.10 Å². The summed E-state index contributed by atoms with van der Waals surface area (Å²) < 4.78 is 0. The summed E-state index contributed by atoms with van der Waals surface area (Å²) in [6.07, 6.45) is 0.679. The van der Waals surface area contributed by atoms with Gasteiger partial charge in [-0.2, -0.15) is 0 Å². The number of aliphatic hydroxyl groups is 1. The largest absolute Gasteiger partial charge is 0.399 e. The molecule has 0 bridgehead atoms. The normalized spacial score (nSPS) is 16.4. The second kappa shape index (κ2) is 8.83. The van der Waals surface area contributed by atoms with Crippen LogP contribution in [-0.4, -0.2) is 53.5 Å². The molecule has 138 valence electrons. The minimum absolute atomic E-state index is 0.177. The molecule has 1 heterocycles. The van der Waals surface area contributed by atoms with Crippen molar-refractivity contribution in [3.8, 4) is 0 Å². The van der Waals surface area contributed by atoms with E-state index in [1.54, 1.807) is 0 Å². The minimum atomic E-state index is -0.487. The molecule has 0 aromatic heterocycles. The summed E-state index contributed by atoms with van der Waals surface area (Å²) in [6, 6.07) is 17.4. The van der Waals surface area contributed by atoms with Crippen LogP contribution in [0, 0.1) is 0 Å². The molecule has 2 aromatic rings. The van der Waals surface area contributed by atoms with Gasteiger partial charge >= 0.3 is 0 Å². The molecular formula is C21H27N3O2. The summed E-state index contributed by atoms with van der Waals surface area (Å²) >= 11 is 0. The number of carbonyl (C=O) groups is 1. The van der Waals surface area contributed by atoms with Crippen LogP contribution in [0.4, 0.5) is 5.69 Å². The third-order valence-corrected chi connectivity index (χ3v) is 5.00. The Hall–Kier alpha value is -2.37. The number of β-amino-alcohol motifs (C(OH)–C–C–N with tert-alkyl or cyclic N) is 1. The first kappa shape index (κ1) is 18.4. The molecule has 26 heavy (non-hydrogen) atoms. The fourth-order valence-electron chi connectivity index (χ4n) is 3.37. The first-order valence-corrected chi connectivity index (χ1v) is 9.20. The van der Waals surface area contributed by atoms with E-state index >= 15 is 0 Å². The van der Waals surface area contributed by atoms with Crippen molar-refractivity contribution in [2.24, 2.45) is 0 Å². The van der Waals surface area contributed by atoms with Crippen LogP contribution in [0.25, 0.3) is 0 Å². The van der Waals surface area contributed by atoms with Gasteiger partial charge in [0.2, 0.25) is 5.91 Å². The Labute approximate surface area is 155 Å². The Bertz CT molecular complexity index is 712. The lowest BCUT2D eigenvalue weighted by atomic mass is 10.1. The first-order chi connectivity index (χ1) is 12.6. The first-order valence-electron chi connectivity index (χ1n) is 9.20. The van der Waals surface area contributed by atoms with Crippen LogP contribution in [0.3, 0.4) is 0 Å². The van der Waals surface area contributed by atoms with Gasteiger partial charge in [-0.15, -0.1) is 0 Å². The number of nitrogens with two attached hydrogens (primary N) is 1. The van der Waals surface area contributed by atoms with Crippen molar-refractivity contribution in [2.45, 2.75) is 18.9 Å². The maximum Gasteiger partial charge on any atom is 0.222 e. The smallest absolute Gasteiger partial charge is 0.222 e. The van der Waals surface area contributed by atoms with Crippen LogP contribution >= 0.6 is 0 Å². The standard InChI is InChI=1S/C21H27N3O2/c22-19-9-5-4-6-17(19)10-11-21(26)24-14-12-23(13-15-24)16-20(25)18-7-2-1-3-8-18/h1-9,20,25H,10-16,22H2. The van der Waals surface area contributed by atoms with E-state index < -0.39 is 6.10 Å². The van der Waals surface area contributed by atoms with Crippen molar-refractivity contribution in [1.29, 1.82) is 0 Å². The second-order valence-corrected chi connectivity index (χ2v) is 6.81. The van der Waals surface area contributed by atoms with E-state index in [9.17, 15) is 9.90 Å². The summed E-state index contributed by atoms with van der Waals surface area (Å²) in [4.78, 5) is 16.6. The quantitative estimate of drug-likeness (QED) is 0.780. The van der Waals surface area contributed by atoms with Crippen molar-refractivity contribution in [3.63, 3.8) is 0 Å². The number of benzene rings is 2. The monoisotopic (exact) mass is 353 g/mol. The molecule has 1 aliphatic rings. The zero-order chi connectivity index (χ0) is 18.4. The van der Waals surface area contributed by atoms with Crippen molar-refractivity contribution < 1.29 is 9.90 Å². The number of nitrogen functional groups attached to an aromatic ring is 1. The summed E-state index contributed by atoms with van der Waals surface area (Å²) in [5.41, 5.74) is 8.66. The predicted octanol–water partition coefficient (Wildman–Crippen LogP) is 2.08. The highest BCUT2D eigenvalue weighted by Gasteiger charge is 2.22. The van der Waals surface area contributed by atoms with Crippen LogP contribution in [0.15, 0.2) is 54.6 Å². The fourth-order valence-corrected chi connectivity index (χ4v) is 3.37. The number of hydrogen-bond acceptors (Lipinski definition) is 4. The topological polar surface area (TPSA) is 69.8 Å². The van der Waals surface area contributed by atoms with Crippen LogP contribution in [-0.2, 0) is 11.2 Å². The minimum Gasteiger partial charge on any atom is -0.399 e. The lowest BCUT2D eigenvalue weighted by Gasteiger charge is -2.35. The molecule has 3 rings (SSSR count). The maximum atomic E-state index is 12.5. The molecule has 1 saturated heterocycles. The van der Waals surface area contributed by atoms with Gasteiger partial charge in [-0.3, -0.25) is 9.69 Å². The van der Waals surface area contributed by atoms with E-state index in [-0.39, 0.29) is 5.91 Å². The molecule has 1 fully saturated rings. The van der Waals surface area contributed by atoms with Crippen molar-refractivity contribution >= 4 is 11.6 Å². The zero-order valence-electron chi connectivity index (χ0n) is 15.1. The van der Waals surface area contributed by atoms with Gasteiger partial charge in [-0.25, -0.2) is 0 Å². The average molecular weight is 353 g/mol. The molecular weight excluding hydrogens is 326 g/mol. The highest BCUT2D eigenvalue weighted by molar-refractivity contribution is 5.76. The molecule has 5 heteroatoms. The number of amides is 1. The molecule has 1 unspecified atom stereocenters. The number of nitrogens with zero attached hydrogens (tertiary/aromatic N) is 2. The van der Waals surface area contributed by atoms with E-state index in [4.69, 9.17) is 5.73 Å². The molecule has 1 atom stereocenters. The average Bonchev–Trinajstić information content (AvgIpc) is 2.68. The Kier molecular flexibility index (Phi) is 6.26. The molecule has 3 N–H and O–H groups in total. The highest BCUT2D eigenvalue weighted by atomic mass is 16.3. The molecule has 1 aliphatic heterocycles. The number of hydrogen-bond donors (Lipinski definition) is 2. The summed E-state index contributed by atoms with van der Waals surface area (Å²) in [7, 11) is 0. The van der Waals surface area contributed by atoms with Crippen LogP contribution < -0.4 is 5.73 Å². The van der Waals surface area contributed by atoms with Gasteiger partial charge in [0, 0.05) is 44.8 Å². The zero-order valence-corrected chi connectivity index (χ0v) is 15.1. The predicted molar refractivity (Wildman–Crippen MR) is 104 cm³/mol.